The number of halogens is 1. The summed E-state index contributed by atoms with van der Waals surface area (Å²) < 4.78 is 7.57. The molecule has 0 amide bonds. The Hall–Kier alpha value is -1.77. The number of nitrogens with one attached hydrogen (secondary N) is 2. The average Bonchev–Trinajstić information content (AvgIpc) is 3.04. The van der Waals surface area contributed by atoms with Crippen LogP contribution < -0.4 is 15.4 Å². The third kappa shape index (κ3) is 8.64. The first-order valence-electron chi connectivity index (χ1n) is 9.29. The van der Waals surface area contributed by atoms with E-state index in [1.54, 1.807) is 6.20 Å². The molecular formula is C20H32IN5O. The van der Waals surface area contributed by atoms with Gasteiger partial charge in [0.2, 0.25) is 0 Å². The Labute approximate surface area is 179 Å². The van der Waals surface area contributed by atoms with Crippen LogP contribution in [0.2, 0.25) is 0 Å². The molecule has 0 spiro atoms. The van der Waals surface area contributed by atoms with Gasteiger partial charge in [-0.15, -0.1) is 24.0 Å². The molecule has 2 rings (SSSR count). The minimum atomic E-state index is 0. The monoisotopic (exact) mass is 485 g/mol. The Kier molecular flexibility index (Phi) is 10.8. The second-order valence-corrected chi connectivity index (χ2v) is 6.67. The minimum Gasteiger partial charge on any atom is -0.493 e. The van der Waals surface area contributed by atoms with Crippen molar-refractivity contribution in [3.05, 3.63) is 47.8 Å². The molecule has 0 saturated carbocycles. The lowest BCUT2D eigenvalue weighted by molar-refractivity contribution is 0.271. The van der Waals surface area contributed by atoms with Crippen LogP contribution in [-0.2, 0) is 20.0 Å². The van der Waals surface area contributed by atoms with E-state index in [1.807, 2.05) is 29.9 Å². The van der Waals surface area contributed by atoms with Crippen molar-refractivity contribution in [3.8, 4) is 5.75 Å². The summed E-state index contributed by atoms with van der Waals surface area (Å²) in [5.41, 5.74) is 2.36. The second-order valence-electron chi connectivity index (χ2n) is 6.67. The summed E-state index contributed by atoms with van der Waals surface area (Å²) in [5, 5.41) is 10.8. The highest BCUT2D eigenvalue weighted by Gasteiger charge is 2.02. The maximum atomic E-state index is 5.72. The molecule has 7 heteroatoms. The summed E-state index contributed by atoms with van der Waals surface area (Å²) in [7, 11) is 1.93. The molecule has 0 aliphatic carbocycles. The number of aromatic nitrogens is 2. The van der Waals surface area contributed by atoms with Gasteiger partial charge in [0.1, 0.15) is 5.75 Å². The van der Waals surface area contributed by atoms with Crippen molar-refractivity contribution in [1.82, 2.24) is 20.4 Å². The van der Waals surface area contributed by atoms with Crippen molar-refractivity contribution in [3.63, 3.8) is 0 Å². The highest BCUT2D eigenvalue weighted by molar-refractivity contribution is 14.0. The van der Waals surface area contributed by atoms with E-state index in [1.165, 1.54) is 5.56 Å². The molecule has 6 nitrogen and oxygen atoms in total. The molecule has 0 unspecified atom stereocenters. The van der Waals surface area contributed by atoms with Crippen LogP contribution in [0.25, 0.3) is 0 Å². The lowest BCUT2D eigenvalue weighted by Gasteiger charge is -2.12. The van der Waals surface area contributed by atoms with Crippen molar-refractivity contribution in [2.45, 2.75) is 33.7 Å². The van der Waals surface area contributed by atoms with Crippen molar-refractivity contribution in [2.24, 2.45) is 18.0 Å². The molecule has 1 aromatic heterocycles. The van der Waals surface area contributed by atoms with Gasteiger partial charge in [-0.25, -0.2) is 4.99 Å². The van der Waals surface area contributed by atoms with Crippen LogP contribution in [0.3, 0.4) is 0 Å². The lowest BCUT2D eigenvalue weighted by atomic mass is 10.1. The first-order chi connectivity index (χ1) is 12.6. The van der Waals surface area contributed by atoms with E-state index in [-0.39, 0.29) is 24.0 Å². The third-order valence-electron chi connectivity index (χ3n) is 3.88. The predicted octanol–water partition coefficient (Wildman–Crippen LogP) is 3.37. The molecule has 0 atom stereocenters. The zero-order chi connectivity index (χ0) is 18.8. The number of guanidine groups is 1. The van der Waals surface area contributed by atoms with Gasteiger partial charge < -0.3 is 15.4 Å². The molecular weight excluding hydrogens is 453 g/mol. The molecule has 0 bridgehead atoms. The van der Waals surface area contributed by atoms with Crippen molar-refractivity contribution >= 4 is 29.9 Å². The Morgan fingerprint density at radius 1 is 1.19 bits per heavy atom. The van der Waals surface area contributed by atoms with E-state index in [4.69, 9.17) is 4.74 Å². The molecule has 0 aliphatic heterocycles. The Morgan fingerprint density at radius 2 is 1.93 bits per heavy atom. The maximum absolute atomic E-state index is 5.72. The highest BCUT2D eigenvalue weighted by Crippen LogP contribution is 2.13. The van der Waals surface area contributed by atoms with Crippen LogP contribution in [0, 0.1) is 5.92 Å². The summed E-state index contributed by atoms with van der Waals surface area (Å²) >= 11 is 0. The fourth-order valence-electron chi connectivity index (χ4n) is 2.40. The van der Waals surface area contributed by atoms with Gasteiger partial charge in [-0.1, -0.05) is 26.0 Å². The highest BCUT2D eigenvalue weighted by atomic mass is 127. The zero-order valence-corrected chi connectivity index (χ0v) is 19.1. The van der Waals surface area contributed by atoms with Gasteiger partial charge in [0.25, 0.3) is 0 Å². The fraction of sp³-hybridized carbons (Fsp3) is 0.500. The van der Waals surface area contributed by atoms with Gasteiger partial charge in [-0.3, -0.25) is 4.68 Å². The van der Waals surface area contributed by atoms with E-state index in [0.29, 0.717) is 12.5 Å². The number of hydrogen-bond acceptors (Lipinski definition) is 3. The molecule has 150 valence electrons. The lowest BCUT2D eigenvalue weighted by Crippen LogP contribution is -2.38. The van der Waals surface area contributed by atoms with Gasteiger partial charge in [0.15, 0.2) is 5.96 Å². The summed E-state index contributed by atoms with van der Waals surface area (Å²) in [5.74, 6) is 2.29. The number of benzene rings is 1. The van der Waals surface area contributed by atoms with E-state index in [2.05, 4.69) is 53.6 Å². The molecule has 27 heavy (non-hydrogen) atoms. The number of nitrogens with zero attached hydrogens (tertiary/aromatic N) is 3. The third-order valence-corrected chi connectivity index (χ3v) is 3.88. The number of ether oxygens (including phenoxy) is 1. The number of aryl methyl sites for hydroxylation is 1. The summed E-state index contributed by atoms with van der Waals surface area (Å²) in [6.45, 7) is 9.38. The van der Waals surface area contributed by atoms with Crippen molar-refractivity contribution in [1.29, 1.82) is 0 Å². The van der Waals surface area contributed by atoms with E-state index in [0.717, 1.165) is 43.5 Å². The van der Waals surface area contributed by atoms with Gasteiger partial charge in [-0.05, 0) is 43.0 Å². The molecule has 1 heterocycles. The van der Waals surface area contributed by atoms with Crippen LogP contribution in [0.5, 0.6) is 5.75 Å². The van der Waals surface area contributed by atoms with E-state index in [9.17, 15) is 0 Å². The minimum absolute atomic E-state index is 0. The van der Waals surface area contributed by atoms with E-state index >= 15 is 0 Å². The second kappa shape index (κ2) is 12.6. The maximum Gasteiger partial charge on any atom is 0.191 e. The first kappa shape index (κ1) is 23.3. The number of hydrogen-bond donors (Lipinski definition) is 2. The smallest absolute Gasteiger partial charge is 0.191 e. The first-order valence-corrected chi connectivity index (χ1v) is 9.29. The van der Waals surface area contributed by atoms with Crippen LogP contribution in [0.15, 0.2) is 41.5 Å². The predicted molar refractivity (Wildman–Crippen MR) is 122 cm³/mol. The quantitative estimate of drug-likeness (QED) is 0.325. The zero-order valence-electron chi connectivity index (χ0n) is 16.7. The van der Waals surface area contributed by atoms with Crippen LogP contribution >= 0.6 is 24.0 Å². The Balaban J connectivity index is 0.00000364. The molecule has 0 fully saturated rings. The Morgan fingerprint density at radius 3 is 2.52 bits per heavy atom. The van der Waals surface area contributed by atoms with E-state index < -0.39 is 0 Å². The normalized spacial score (nSPS) is 11.2. The average molecular weight is 485 g/mol. The number of aliphatic imine (C=N–C) groups is 1. The van der Waals surface area contributed by atoms with Crippen molar-refractivity contribution in [2.75, 3.05) is 19.7 Å². The topological polar surface area (TPSA) is 63.5 Å². The van der Waals surface area contributed by atoms with Crippen LogP contribution in [0.4, 0.5) is 0 Å². The molecule has 0 aliphatic rings. The molecule has 0 saturated heterocycles. The van der Waals surface area contributed by atoms with Gasteiger partial charge in [0, 0.05) is 26.3 Å². The summed E-state index contributed by atoms with van der Waals surface area (Å²) in [6, 6.07) is 10.3. The SMILES string of the molecule is CCNC(=NCc1ccnn1C)NCCc1ccc(OCC(C)C)cc1.I. The fourth-order valence-corrected chi connectivity index (χ4v) is 2.40. The summed E-state index contributed by atoms with van der Waals surface area (Å²) in [4.78, 5) is 4.62. The standard InChI is InChI=1S/C20H31N5O.HI/c1-5-21-20(23-14-18-11-13-24-25(18)4)22-12-10-17-6-8-19(9-7-17)26-15-16(2)3;/h6-9,11,13,16H,5,10,12,14-15H2,1-4H3,(H2,21,22,23);1H. The molecule has 2 N–H and O–H groups in total. The molecule has 0 radical (unpaired) electrons. The molecule has 1 aromatic carbocycles. The van der Waals surface area contributed by atoms with Gasteiger partial charge in [-0.2, -0.15) is 5.10 Å². The van der Waals surface area contributed by atoms with Gasteiger partial charge in [0.05, 0.1) is 18.8 Å². The van der Waals surface area contributed by atoms with Crippen LogP contribution in [0.1, 0.15) is 32.0 Å². The van der Waals surface area contributed by atoms with Gasteiger partial charge >= 0.3 is 0 Å². The summed E-state index contributed by atoms with van der Waals surface area (Å²) in [6.07, 6.45) is 2.72. The van der Waals surface area contributed by atoms with Crippen molar-refractivity contribution < 1.29 is 4.74 Å². The largest absolute Gasteiger partial charge is 0.493 e. The van der Waals surface area contributed by atoms with Crippen LogP contribution in [-0.4, -0.2) is 35.4 Å². The number of rotatable bonds is 9. The molecule has 2 aromatic rings. The Bertz CT molecular complexity index is 682.